The van der Waals surface area contributed by atoms with E-state index in [-0.39, 0.29) is 11.8 Å². The van der Waals surface area contributed by atoms with E-state index in [9.17, 15) is 4.79 Å². The van der Waals surface area contributed by atoms with E-state index in [0.717, 1.165) is 0 Å². The number of hydrogen-bond acceptors (Lipinski definition) is 2. The molecule has 1 fully saturated rings. The van der Waals surface area contributed by atoms with Crippen molar-refractivity contribution in [2.75, 3.05) is 17.3 Å². The van der Waals surface area contributed by atoms with Gasteiger partial charge in [-0.1, -0.05) is 11.6 Å². The summed E-state index contributed by atoms with van der Waals surface area (Å²) in [5, 5.41) is 6.94. The second kappa shape index (κ2) is 3.79. The molecule has 1 N–H and O–H groups in total. The van der Waals surface area contributed by atoms with Crippen molar-refractivity contribution >= 4 is 34.9 Å². The van der Waals surface area contributed by atoms with Crippen LogP contribution < -0.4 is 4.90 Å². The maximum absolute atomic E-state index is 11.5. The summed E-state index contributed by atoms with van der Waals surface area (Å²) in [5.74, 6) is 1.35. The minimum atomic E-state index is 0.0545. The van der Waals surface area contributed by atoms with Gasteiger partial charge in [0.15, 0.2) is 5.82 Å². The monoisotopic (exact) mass is 233 g/mol. The SMILES string of the molecule is O=C1CC(CCl)CN1c1cc(Cl)[nH]n1. The molecule has 1 aliphatic heterocycles. The number of aromatic amines is 1. The van der Waals surface area contributed by atoms with E-state index >= 15 is 0 Å². The quantitative estimate of drug-likeness (QED) is 0.791. The van der Waals surface area contributed by atoms with Gasteiger partial charge in [-0.3, -0.25) is 14.8 Å². The molecule has 2 heterocycles. The van der Waals surface area contributed by atoms with Crippen molar-refractivity contribution < 1.29 is 4.79 Å². The van der Waals surface area contributed by atoms with Gasteiger partial charge in [-0.05, 0) is 5.92 Å². The van der Waals surface area contributed by atoms with Crippen molar-refractivity contribution in [1.82, 2.24) is 10.2 Å². The number of H-pyrrole nitrogens is 1. The lowest BCUT2D eigenvalue weighted by Crippen LogP contribution is -2.24. The second-order valence-corrected chi connectivity index (χ2v) is 4.02. The van der Waals surface area contributed by atoms with Gasteiger partial charge in [-0.15, -0.1) is 11.6 Å². The van der Waals surface area contributed by atoms with Crippen molar-refractivity contribution in [3.05, 3.63) is 11.2 Å². The van der Waals surface area contributed by atoms with Crippen LogP contribution in [0, 0.1) is 5.92 Å². The van der Waals surface area contributed by atoms with Crippen molar-refractivity contribution in [1.29, 1.82) is 0 Å². The molecule has 1 atom stereocenters. The topological polar surface area (TPSA) is 49.0 Å². The average Bonchev–Trinajstić information content (AvgIpc) is 2.71. The Kier molecular flexibility index (Phi) is 2.65. The van der Waals surface area contributed by atoms with Gasteiger partial charge in [0.1, 0.15) is 5.15 Å². The Hall–Kier alpha value is -0.740. The number of nitrogens with zero attached hydrogens (tertiary/aromatic N) is 2. The zero-order valence-corrected chi connectivity index (χ0v) is 8.85. The molecule has 0 aliphatic carbocycles. The zero-order valence-electron chi connectivity index (χ0n) is 7.33. The fourth-order valence-electron chi connectivity index (χ4n) is 1.53. The first-order valence-corrected chi connectivity index (χ1v) is 5.19. The Bertz CT molecular complexity index is 352. The van der Waals surface area contributed by atoms with Gasteiger partial charge in [0.05, 0.1) is 0 Å². The summed E-state index contributed by atoms with van der Waals surface area (Å²) in [5.41, 5.74) is 0. The van der Waals surface area contributed by atoms with Gasteiger partial charge in [0, 0.05) is 24.9 Å². The first kappa shape index (κ1) is 9.80. The van der Waals surface area contributed by atoms with Crippen LogP contribution in [0.15, 0.2) is 6.07 Å². The molecular weight excluding hydrogens is 225 g/mol. The third kappa shape index (κ3) is 1.72. The molecule has 1 saturated heterocycles. The van der Waals surface area contributed by atoms with E-state index in [0.29, 0.717) is 29.8 Å². The predicted octanol–water partition coefficient (Wildman–Crippen LogP) is 1.65. The highest BCUT2D eigenvalue weighted by Gasteiger charge is 2.31. The van der Waals surface area contributed by atoms with Gasteiger partial charge in [0.2, 0.25) is 5.91 Å². The number of halogens is 2. The summed E-state index contributed by atoms with van der Waals surface area (Å²) in [6.07, 6.45) is 0.494. The number of rotatable bonds is 2. The van der Waals surface area contributed by atoms with Crippen molar-refractivity contribution in [3.8, 4) is 0 Å². The van der Waals surface area contributed by atoms with Gasteiger partial charge in [-0.2, -0.15) is 5.10 Å². The molecule has 0 saturated carbocycles. The maximum Gasteiger partial charge on any atom is 0.228 e. The van der Waals surface area contributed by atoms with Crippen LogP contribution >= 0.6 is 23.2 Å². The van der Waals surface area contributed by atoms with Crippen LogP contribution in [0.2, 0.25) is 5.15 Å². The number of hydrogen-bond donors (Lipinski definition) is 1. The van der Waals surface area contributed by atoms with E-state index in [1.165, 1.54) is 0 Å². The molecule has 4 nitrogen and oxygen atoms in total. The highest BCUT2D eigenvalue weighted by atomic mass is 35.5. The molecule has 14 heavy (non-hydrogen) atoms. The van der Waals surface area contributed by atoms with Crippen LogP contribution in [0.4, 0.5) is 5.82 Å². The minimum Gasteiger partial charge on any atom is -0.295 e. The number of aromatic nitrogens is 2. The highest BCUT2D eigenvalue weighted by molar-refractivity contribution is 6.29. The van der Waals surface area contributed by atoms with Crippen LogP contribution in [-0.2, 0) is 4.79 Å². The smallest absolute Gasteiger partial charge is 0.228 e. The lowest BCUT2D eigenvalue weighted by molar-refractivity contribution is -0.117. The van der Waals surface area contributed by atoms with Crippen LogP contribution in [0.1, 0.15) is 6.42 Å². The third-order valence-corrected chi connectivity index (χ3v) is 2.86. The number of anilines is 1. The fourth-order valence-corrected chi connectivity index (χ4v) is 1.88. The van der Waals surface area contributed by atoms with Gasteiger partial charge in [-0.25, -0.2) is 0 Å². The number of carbonyl (C=O) groups excluding carboxylic acids is 1. The van der Waals surface area contributed by atoms with Gasteiger partial charge < -0.3 is 0 Å². The zero-order chi connectivity index (χ0) is 10.1. The minimum absolute atomic E-state index is 0.0545. The summed E-state index contributed by atoms with van der Waals surface area (Å²) in [4.78, 5) is 13.1. The Morgan fingerprint density at radius 2 is 2.50 bits per heavy atom. The van der Waals surface area contributed by atoms with Gasteiger partial charge >= 0.3 is 0 Å². The summed E-state index contributed by atoms with van der Waals surface area (Å²) >= 11 is 11.4. The van der Waals surface area contributed by atoms with Crippen LogP contribution in [0.5, 0.6) is 0 Å². The summed E-state index contributed by atoms with van der Waals surface area (Å²) in [6.45, 7) is 0.628. The van der Waals surface area contributed by atoms with E-state index < -0.39 is 0 Å². The van der Waals surface area contributed by atoms with Crippen LogP contribution in [0.3, 0.4) is 0 Å². The molecular formula is C8H9Cl2N3O. The molecule has 0 aromatic carbocycles. The molecule has 2 rings (SSSR count). The first-order valence-electron chi connectivity index (χ1n) is 4.28. The normalized spacial score (nSPS) is 22.0. The lowest BCUT2D eigenvalue weighted by Gasteiger charge is -2.11. The molecule has 1 aromatic rings. The summed E-state index contributed by atoms with van der Waals surface area (Å²) in [6, 6.07) is 1.63. The molecule has 1 aliphatic rings. The second-order valence-electron chi connectivity index (χ2n) is 3.30. The summed E-state index contributed by atoms with van der Waals surface area (Å²) in [7, 11) is 0. The molecule has 1 unspecified atom stereocenters. The van der Waals surface area contributed by atoms with Crippen molar-refractivity contribution in [2.24, 2.45) is 5.92 Å². The Morgan fingerprint density at radius 3 is 3.00 bits per heavy atom. The molecule has 0 spiro atoms. The van der Waals surface area contributed by atoms with Crippen molar-refractivity contribution in [2.45, 2.75) is 6.42 Å². The van der Waals surface area contributed by atoms with Crippen LogP contribution in [-0.4, -0.2) is 28.5 Å². The van der Waals surface area contributed by atoms with E-state index in [1.54, 1.807) is 11.0 Å². The Balaban J connectivity index is 2.16. The van der Waals surface area contributed by atoms with E-state index in [2.05, 4.69) is 10.2 Å². The Labute approximate surface area is 91.2 Å². The number of carbonyl (C=O) groups is 1. The van der Waals surface area contributed by atoms with Crippen LogP contribution in [0.25, 0.3) is 0 Å². The van der Waals surface area contributed by atoms with Crippen molar-refractivity contribution in [3.63, 3.8) is 0 Å². The Morgan fingerprint density at radius 1 is 1.71 bits per heavy atom. The first-order chi connectivity index (χ1) is 6.70. The number of nitrogens with one attached hydrogen (secondary N) is 1. The molecule has 1 aromatic heterocycles. The third-order valence-electron chi connectivity index (χ3n) is 2.23. The molecule has 0 radical (unpaired) electrons. The van der Waals surface area contributed by atoms with E-state index in [4.69, 9.17) is 23.2 Å². The molecule has 6 heteroatoms. The maximum atomic E-state index is 11.5. The molecule has 1 amide bonds. The summed E-state index contributed by atoms with van der Waals surface area (Å²) < 4.78 is 0. The fraction of sp³-hybridized carbons (Fsp3) is 0.500. The number of alkyl halides is 1. The predicted molar refractivity (Wildman–Crippen MR) is 54.8 cm³/mol. The number of amides is 1. The average molecular weight is 234 g/mol. The standard InChI is InChI=1S/C8H9Cl2N3O/c9-3-5-1-8(14)13(4-5)7-2-6(10)11-12-7/h2,5H,1,3-4H2,(H,11,12). The van der Waals surface area contributed by atoms with E-state index in [1.807, 2.05) is 0 Å². The molecule has 0 bridgehead atoms. The van der Waals surface area contributed by atoms with Gasteiger partial charge in [0.25, 0.3) is 0 Å². The highest BCUT2D eigenvalue weighted by Crippen LogP contribution is 2.25. The lowest BCUT2D eigenvalue weighted by atomic mass is 10.2. The molecule has 76 valence electrons. The largest absolute Gasteiger partial charge is 0.295 e.